The fraction of sp³-hybridized carbons (Fsp3) is 0.229. The van der Waals surface area contributed by atoms with E-state index in [9.17, 15) is 9.00 Å². The summed E-state index contributed by atoms with van der Waals surface area (Å²) in [6, 6.07) is 30.5. The zero-order valence-corrected chi connectivity index (χ0v) is 25.5. The highest BCUT2D eigenvalue weighted by molar-refractivity contribution is 7.86. The van der Waals surface area contributed by atoms with Crippen molar-refractivity contribution in [1.29, 1.82) is 0 Å². The maximum atomic E-state index is 13.6. The maximum Gasteiger partial charge on any atom is 0.235 e. The Labute approximate surface area is 259 Å². The van der Waals surface area contributed by atoms with Gasteiger partial charge in [-0.25, -0.2) is 14.2 Å². The predicted octanol–water partition coefficient (Wildman–Crippen LogP) is 6.63. The van der Waals surface area contributed by atoms with Gasteiger partial charge in [0.25, 0.3) is 0 Å². The van der Waals surface area contributed by atoms with Crippen LogP contribution in [0.4, 0.5) is 11.5 Å². The quantitative estimate of drug-likeness (QED) is 0.165. The van der Waals surface area contributed by atoms with E-state index in [0.29, 0.717) is 28.3 Å². The number of hydrogen-bond acceptors (Lipinski definition) is 6. The van der Waals surface area contributed by atoms with Crippen LogP contribution in [0.3, 0.4) is 0 Å². The number of methoxy groups -OCH3 is 2. The van der Waals surface area contributed by atoms with Gasteiger partial charge in [-0.3, -0.25) is 9.52 Å². The van der Waals surface area contributed by atoms with Gasteiger partial charge in [-0.2, -0.15) is 0 Å². The van der Waals surface area contributed by atoms with Gasteiger partial charge in [0.05, 0.1) is 41.3 Å². The highest BCUT2D eigenvalue weighted by Gasteiger charge is 2.51. The molecule has 1 aliphatic carbocycles. The maximum absolute atomic E-state index is 13.6. The SMILES string of the molecule is COc1cc(CCCc2nc3ccccc3nc2NS(=O)c2cccc(NC(=O)C3(c4ccccc4)CC3)c2)cc(OC)c1. The van der Waals surface area contributed by atoms with Crippen molar-refractivity contribution in [2.45, 2.75) is 42.4 Å². The fourth-order valence-corrected chi connectivity index (χ4v) is 6.27. The number of carbonyl (C=O) groups excluding carboxylic acids is 1. The molecule has 4 aromatic carbocycles. The molecule has 5 aromatic rings. The molecule has 0 radical (unpaired) electrons. The lowest BCUT2D eigenvalue weighted by molar-refractivity contribution is -0.118. The van der Waals surface area contributed by atoms with Crippen molar-refractivity contribution in [3.63, 3.8) is 0 Å². The van der Waals surface area contributed by atoms with Crippen molar-refractivity contribution in [3.05, 3.63) is 114 Å². The molecule has 1 heterocycles. The number of aryl methyl sites for hydroxylation is 2. The summed E-state index contributed by atoms with van der Waals surface area (Å²) >= 11 is 0. The second-order valence-electron chi connectivity index (χ2n) is 10.9. The minimum Gasteiger partial charge on any atom is -0.497 e. The minimum absolute atomic E-state index is 0.0454. The number of anilines is 2. The molecule has 1 fully saturated rings. The molecule has 224 valence electrons. The van der Waals surface area contributed by atoms with Crippen molar-refractivity contribution >= 4 is 39.4 Å². The van der Waals surface area contributed by atoms with E-state index in [1.54, 1.807) is 32.4 Å². The summed E-state index contributed by atoms with van der Waals surface area (Å²) < 4.78 is 27.5. The number of amides is 1. The number of hydrogen-bond donors (Lipinski definition) is 2. The van der Waals surface area contributed by atoms with E-state index in [-0.39, 0.29) is 5.91 Å². The van der Waals surface area contributed by atoms with Crippen LogP contribution in [0, 0.1) is 0 Å². The second-order valence-corrected chi connectivity index (χ2v) is 12.1. The summed E-state index contributed by atoms with van der Waals surface area (Å²) in [5.41, 5.74) is 4.43. The normalized spacial score (nSPS) is 14.0. The van der Waals surface area contributed by atoms with Crippen molar-refractivity contribution in [2.75, 3.05) is 24.3 Å². The van der Waals surface area contributed by atoms with Gasteiger partial charge in [-0.15, -0.1) is 0 Å². The molecule has 1 aliphatic rings. The molecule has 6 rings (SSSR count). The standard InChI is InChI=1S/C35H34N4O4S/c1-42-27-20-24(21-28(23-27)43-2)10-8-17-32-33(38-31-16-7-6-15-30(31)37-32)39-44(41)29-14-9-13-26(22-29)36-34(40)35(18-19-35)25-11-4-3-5-12-25/h3-7,9,11-16,20-23H,8,10,17-19H2,1-2H3,(H,36,40)(H,38,39). The lowest BCUT2D eigenvalue weighted by atomic mass is 9.95. The number of benzene rings is 4. The average molecular weight is 607 g/mol. The summed E-state index contributed by atoms with van der Waals surface area (Å²) in [5, 5.41) is 3.05. The summed E-state index contributed by atoms with van der Waals surface area (Å²) in [6.45, 7) is 0. The second kappa shape index (κ2) is 12.9. The molecular weight excluding hydrogens is 572 g/mol. The molecule has 0 bridgehead atoms. The van der Waals surface area contributed by atoms with Gasteiger partial charge in [-0.1, -0.05) is 48.5 Å². The van der Waals surface area contributed by atoms with Crippen molar-refractivity contribution in [3.8, 4) is 11.5 Å². The van der Waals surface area contributed by atoms with Crippen molar-refractivity contribution < 1.29 is 18.5 Å². The number of aromatic nitrogens is 2. The van der Waals surface area contributed by atoms with Gasteiger partial charge in [0.1, 0.15) is 11.5 Å². The Balaban J connectivity index is 1.18. The van der Waals surface area contributed by atoms with Gasteiger partial charge < -0.3 is 14.8 Å². The van der Waals surface area contributed by atoms with Gasteiger partial charge in [0.15, 0.2) is 16.8 Å². The number of rotatable bonds is 12. The largest absolute Gasteiger partial charge is 0.497 e. The Bertz CT molecular complexity index is 1800. The molecule has 1 unspecified atom stereocenters. The molecule has 44 heavy (non-hydrogen) atoms. The van der Waals surface area contributed by atoms with Crippen LogP contribution in [0.1, 0.15) is 36.1 Å². The van der Waals surface area contributed by atoms with Crippen LogP contribution in [-0.2, 0) is 34.0 Å². The van der Waals surface area contributed by atoms with Crippen LogP contribution >= 0.6 is 0 Å². The molecule has 0 saturated heterocycles. The summed E-state index contributed by atoms with van der Waals surface area (Å²) in [5.74, 6) is 1.92. The smallest absolute Gasteiger partial charge is 0.235 e. The minimum atomic E-state index is -1.64. The van der Waals surface area contributed by atoms with E-state index >= 15 is 0 Å². The zero-order chi connectivity index (χ0) is 30.5. The summed E-state index contributed by atoms with van der Waals surface area (Å²) in [7, 11) is 1.63. The number of ether oxygens (including phenoxy) is 2. The first-order valence-electron chi connectivity index (χ1n) is 14.6. The summed E-state index contributed by atoms with van der Waals surface area (Å²) in [4.78, 5) is 23.5. The Morgan fingerprint density at radius 1 is 0.818 bits per heavy atom. The van der Waals surface area contributed by atoms with E-state index in [1.807, 2.05) is 78.9 Å². The first-order valence-corrected chi connectivity index (χ1v) is 15.8. The number of carbonyl (C=O) groups is 1. The van der Waals surface area contributed by atoms with E-state index in [2.05, 4.69) is 10.0 Å². The van der Waals surface area contributed by atoms with Crippen LogP contribution < -0.4 is 19.5 Å². The van der Waals surface area contributed by atoms with Crippen LogP contribution in [0.25, 0.3) is 11.0 Å². The Kier molecular flexibility index (Phi) is 8.56. The molecule has 9 heteroatoms. The molecule has 1 amide bonds. The van der Waals surface area contributed by atoms with Gasteiger partial charge in [-0.05, 0) is 85.7 Å². The lowest BCUT2D eigenvalue weighted by Gasteiger charge is -2.16. The highest BCUT2D eigenvalue weighted by Crippen LogP contribution is 2.49. The third kappa shape index (κ3) is 6.43. The van der Waals surface area contributed by atoms with Crippen molar-refractivity contribution in [2.24, 2.45) is 0 Å². The van der Waals surface area contributed by atoms with Crippen molar-refractivity contribution in [1.82, 2.24) is 9.97 Å². The first-order chi connectivity index (χ1) is 21.5. The van der Waals surface area contributed by atoms with E-state index < -0.39 is 16.4 Å². The molecule has 1 aromatic heterocycles. The Morgan fingerprint density at radius 3 is 2.18 bits per heavy atom. The van der Waals surface area contributed by atoms with Crippen LogP contribution in [0.15, 0.2) is 102 Å². The van der Waals surface area contributed by atoms with Crippen LogP contribution in [0.2, 0.25) is 0 Å². The average Bonchev–Trinajstić information content (AvgIpc) is 3.88. The first kappa shape index (κ1) is 29.3. The highest BCUT2D eigenvalue weighted by atomic mass is 32.2. The molecule has 1 saturated carbocycles. The summed E-state index contributed by atoms with van der Waals surface area (Å²) in [6.07, 6.45) is 3.80. The van der Waals surface area contributed by atoms with Gasteiger partial charge in [0.2, 0.25) is 5.91 Å². The van der Waals surface area contributed by atoms with E-state index in [1.165, 1.54) is 0 Å². The Hall–Kier alpha value is -4.76. The van der Waals surface area contributed by atoms with Gasteiger partial charge >= 0.3 is 0 Å². The van der Waals surface area contributed by atoms with Gasteiger partial charge in [0, 0.05) is 11.8 Å². The third-order valence-electron chi connectivity index (χ3n) is 7.94. The molecule has 8 nitrogen and oxygen atoms in total. The molecular formula is C35H34N4O4S. The fourth-order valence-electron chi connectivity index (χ4n) is 5.38. The van der Waals surface area contributed by atoms with E-state index in [4.69, 9.17) is 19.4 Å². The number of fused-ring (bicyclic) bond motifs is 1. The number of nitrogens with one attached hydrogen (secondary N) is 2. The molecule has 2 N–H and O–H groups in total. The predicted molar refractivity (Wildman–Crippen MR) is 174 cm³/mol. The monoisotopic (exact) mass is 606 g/mol. The topological polar surface area (TPSA) is 102 Å². The Morgan fingerprint density at radius 2 is 1.50 bits per heavy atom. The molecule has 0 aliphatic heterocycles. The number of nitrogens with zero attached hydrogens (tertiary/aromatic N) is 2. The van der Waals surface area contributed by atoms with E-state index in [0.717, 1.165) is 59.5 Å². The van der Waals surface area contributed by atoms with Crippen LogP contribution in [-0.4, -0.2) is 34.3 Å². The molecule has 0 spiro atoms. The lowest BCUT2D eigenvalue weighted by Crippen LogP contribution is -2.27. The zero-order valence-electron chi connectivity index (χ0n) is 24.7. The van der Waals surface area contributed by atoms with Crippen LogP contribution in [0.5, 0.6) is 11.5 Å². The third-order valence-corrected chi connectivity index (χ3v) is 9.00. The molecule has 1 atom stereocenters. The number of para-hydroxylation sites is 2.